The molecule has 0 aromatic rings. The van der Waals surface area contributed by atoms with E-state index in [2.05, 4.69) is 15.1 Å². The molecule has 2 unspecified atom stereocenters. The lowest BCUT2D eigenvalue weighted by Crippen LogP contribution is -2.54. The maximum absolute atomic E-state index is 9.39. The molecule has 0 aromatic carbocycles. The summed E-state index contributed by atoms with van der Waals surface area (Å²) in [4.78, 5) is 4.50. The molecule has 4 N–H and O–H groups in total. The highest BCUT2D eigenvalue weighted by Crippen LogP contribution is 2.03. The first-order valence-corrected chi connectivity index (χ1v) is 5.21. The van der Waals surface area contributed by atoms with Gasteiger partial charge in [0.2, 0.25) is 0 Å². The standard InChI is InChI=1S/C9H22N4O/c1-8(10)13-5-3-12(4-6-13)7-9(14)11-2/h8-9,11,14H,3-7,10H2,1-2H3. The molecule has 1 saturated heterocycles. The zero-order valence-corrected chi connectivity index (χ0v) is 9.11. The van der Waals surface area contributed by atoms with E-state index in [1.165, 1.54) is 0 Å². The monoisotopic (exact) mass is 202 g/mol. The minimum atomic E-state index is -0.420. The van der Waals surface area contributed by atoms with Crippen molar-refractivity contribution in [1.29, 1.82) is 0 Å². The number of rotatable bonds is 4. The highest BCUT2D eigenvalue weighted by molar-refractivity contribution is 4.74. The molecular weight excluding hydrogens is 180 g/mol. The molecule has 1 rings (SSSR count). The third-order valence-electron chi connectivity index (χ3n) is 2.75. The average Bonchev–Trinajstić information content (AvgIpc) is 2.18. The second-order valence-corrected chi connectivity index (χ2v) is 3.88. The number of nitrogens with two attached hydrogens (primary N) is 1. The molecule has 1 aliphatic heterocycles. The number of aliphatic hydroxyl groups excluding tert-OH is 1. The minimum absolute atomic E-state index is 0.145. The number of piperazine rings is 1. The molecule has 0 spiro atoms. The minimum Gasteiger partial charge on any atom is -0.377 e. The predicted molar refractivity (Wildman–Crippen MR) is 56.7 cm³/mol. The lowest BCUT2D eigenvalue weighted by atomic mass is 10.3. The first-order chi connectivity index (χ1) is 6.63. The molecule has 1 fully saturated rings. The van der Waals surface area contributed by atoms with Crippen LogP contribution in [-0.4, -0.2) is 67.1 Å². The van der Waals surface area contributed by atoms with Gasteiger partial charge in [0.05, 0.1) is 6.17 Å². The fourth-order valence-corrected chi connectivity index (χ4v) is 1.69. The summed E-state index contributed by atoms with van der Waals surface area (Å²) in [7, 11) is 1.77. The first-order valence-electron chi connectivity index (χ1n) is 5.21. The molecule has 0 aromatic heterocycles. The normalized spacial score (nSPS) is 24.9. The van der Waals surface area contributed by atoms with Gasteiger partial charge in [0.15, 0.2) is 0 Å². The number of aliphatic hydroxyl groups is 1. The van der Waals surface area contributed by atoms with E-state index in [0.29, 0.717) is 6.54 Å². The van der Waals surface area contributed by atoms with Gasteiger partial charge in [0, 0.05) is 32.7 Å². The van der Waals surface area contributed by atoms with Crippen molar-refractivity contribution in [1.82, 2.24) is 15.1 Å². The Labute approximate surface area is 85.9 Å². The Bertz CT molecular complexity index is 157. The fraction of sp³-hybridized carbons (Fsp3) is 1.00. The van der Waals surface area contributed by atoms with Crippen molar-refractivity contribution in [2.24, 2.45) is 5.73 Å². The van der Waals surface area contributed by atoms with Crippen molar-refractivity contribution in [3.05, 3.63) is 0 Å². The summed E-state index contributed by atoms with van der Waals surface area (Å²) in [5.41, 5.74) is 5.79. The summed E-state index contributed by atoms with van der Waals surface area (Å²) in [5.74, 6) is 0. The maximum atomic E-state index is 9.39. The van der Waals surface area contributed by atoms with Crippen molar-refractivity contribution in [3.63, 3.8) is 0 Å². The van der Waals surface area contributed by atoms with Crippen molar-refractivity contribution >= 4 is 0 Å². The van der Waals surface area contributed by atoms with E-state index >= 15 is 0 Å². The van der Waals surface area contributed by atoms with Gasteiger partial charge in [-0.05, 0) is 14.0 Å². The second kappa shape index (κ2) is 5.63. The summed E-state index contributed by atoms with van der Waals surface area (Å²) in [6.07, 6.45) is -0.275. The number of hydrogen-bond acceptors (Lipinski definition) is 5. The molecular formula is C9H22N4O. The highest BCUT2D eigenvalue weighted by Gasteiger charge is 2.19. The lowest BCUT2D eigenvalue weighted by molar-refractivity contribution is 0.0501. The summed E-state index contributed by atoms with van der Waals surface area (Å²) in [5, 5.41) is 12.2. The Morgan fingerprint density at radius 2 is 1.93 bits per heavy atom. The highest BCUT2D eigenvalue weighted by atomic mass is 16.3. The van der Waals surface area contributed by atoms with Crippen LogP contribution in [0.1, 0.15) is 6.92 Å². The lowest BCUT2D eigenvalue weighted by Gasteiger charge is -2.37. The van der Waals surface area contributed by atoms with Gasteiger partial charge in [0.25, 0.3) is 0 Å². The Balaban J connectivity index is 2.22. The van der Waals surface area contributed by atoms with Crippen LogP contribution in [-0.2, 0) is 0 Å². The molecule has 0 aliphatic carbocycles. The average molecular weight is 202 g/mol. The van der Waals surface area contributed by atoms with E-state index in [-0.39, 0.29) is 6.17 Å². The molecule has 14 heavy (non-hydrogen) atoms. The van der Waals surface area contributed by atoms with Crippen LogP contribution < -0.4 is 11.1 Å². The summed E-state index contributed by atoms with van der Waals surface area (Å²) in [6, 6.07) is 0. The number of β-amino-alcohol motifs (C(OH)–C–C–N with tert-alkyl or cyclic N) is 1. The van der Waals surface area contributed by atoms with Crippen LogP contribution in [0.3, 0.4) is 0 Å². The largest absolute Gasteiger partial charge is 0.377 e. The van der Waals surface area contributed by atoms with Gasteiger partial charge in [-0.15, -0.1) is 0 Å². The molecule has 5 nitrogen and oxygen atoms in total. The van der Waals surface area contributed by atoms with Gasteiger partial charge in [-0.1, -0.05) is 0 Å². The molecule has 84 valence electrons. The van der Waals surface area contributed by atoms with Crippen LogP contribution in [0.25, 0.3) is 0 Å². The summed E-state index contributed by atoms with van der Waals surface area (Å²) in [6.45, 7) is 6.67. The second-order valence-electron chi connectivity index (χ2n) is 3.88. The van der Waals surface area contributed by atoms with Gasteiger partial charge in [0.1, 0.15) is 6.23 Å². The van der Waals surface area contributed by atoms with Crippen molar-refractivity contribution in [3.8, 4) is 0 Å². The van der Waals surface area contributed by atoms with E-state index in [9.17, 15) is 5.11 Å². The van der Waals surface area contributed by atoms with Crippen LogP contribution >= 0.6 is 0 Å². The predicted octanol–water partition coefficient (Wildman–Crippen LogP) is -1.55. The molecule has 1 heterocycles. The molecule has 0 saturated carbocycles. The van der Waals surface area contributed by atoms with Crippen molar-refractivity contribution < 1.29 is 5.11 Å². The SMILES string of the molecule is CNC(O)CN1CCN(C(C)N)CC1. The summed E-state index contributed by atoms with van der Waals surface area (Å²) >= 11 is 0. The van der Waals surface area contributed by atoms with E-state index < -0.39 is 6.23 Å². The first kappa shape index (κ1) is 11.9. The van der Waals surface area contributed by atoms with E-state index in [0.717, 1.165) is 26.2 Å². The Hall–Kier alpha value is -0.200. The molecule has 0 bridgehead atoms. The molecule has 5 heteroatoms. The smallest absolute Gasteiger partial charge is 0.117 e. The third-order valence-corrected chi connectivity index (χ3v) is 2.75. The topological polar surface area (TPSA) is 64.8 Å². The van der Waals surface area contributed by atoms with Gasteiger partial charge in [-0.2, -0.15) is 0 Å². The van der Waals surface area contributed by atoms with Gasteiger partial charge < -0.3 is 10.8 Å². The molecule has 0 radical (unpaired) electrons. The Morgan fingerprint density at radius 1 is 1.36 bits per heavy atom. The molecule has 1 aliphatic rings. The Kier molecular flexibility index (Phi) is 4.77. The van der Waals surface area contributed by atoms with Crippen LogP contribution in [0, 0.1) is 0 Å². The number of nitrogens with one attached hydrogen (secondary N) is 1. The van der Waals surface area contributed by atoms with Crippen LogP contribution in [0.2, 0.25) is 0 Å². The van der Waals surface area contributed by atoms with Crippen LogP contribution in [0.5, 0.6) is 0 Å². The maximum Gasteiger partial charge on any atom is 0.117 e. The van der Waals surface area contributed by atoms with E-state index in [4.69, 9.17) is 5.73 Å². The van der Waals surface area contributed by atoms with Gasteiger partial charge in [-0.3, -0.25) is 15.1 Å². The van der Waals surface area contributed by atoms with Crippen LogP contribution in [0.15, 0.2) is 0 Å². The molecule has 0 amide bonds. The number of hydrogen-bond donors (Lipinski definition) is 3. The van der Waals surface area contributed by atoms with Gasteiger partial charge in [-0.25, -0.2) is 0 Å². The zero-order valence-electron chi connectivity index (χ0n) is 9.11. The quantitative estimate of drug-likeness (QED) is 0.482. The Morgan fingerprint density at radius 3 is 2.36 bits per heavy atom. The molecule has 2 atom stereocenters. The van der Waals surface area contributed by atoms with Gasteiger partial charge >= 0.3 is 0 Å². The fourth-order valence-electron chi connectivity index (χ4n) is 1.69. The zero-order chi connectivity index (χ0) is 10.6. The van der Waals surface area contributed by atoms with Crippen LogP contribution in [0.4, 0.5) is 0 Å². The van der Waals surface area contributed by atoms with E-state index in [1.807, 2.05) is 6.92 Å². The third kappa shape index (κ3) is 3.51. The van der Waals surface area contributed by atoms with Crippen molar-refractivity contribution in [2.75, 3.05) is 39.8 Å². The number of nitrogens with zero attached hydrogens (tertiary/aromatic N) is 2. The van der Waals surface area contributed by atoms with Crippen molar-refractivity contribution in [2.45, 2.75) is 19.3 Å². The summed E-state index contributed by atoms with van der Waals surface area (Å²) < 4.78 is 0. The number of likely N-dealkylation sites (N-methyl/N-ethyl adjacent to an activating group) is 1. The van der Waals surface area contributed by atoms with E-state index in [1.54, 1.807) is 7.05 Å².